The molecule has 1 aliphatic rings. The third-order valence-electron chi connectivity index (χ3n) is 5.66. The van der Waals surface area contributed by atoms with Gasteiger partial charge in [0.15, 0.2) is 5.76 Å². The van der Waals surface area contributed by atoms with Gasteiger partial charge in [-0.25, -0.2) is 0 Å². The number of hydrogen-bond donors (Lipinski definition) is 1. The van der Waals surface area contributed by atoms with Crippen LogP contribution in [-0.2, 0) is 0 Å². The molecule has 5 rings (SSSR count). The fraction of sp³-hybridized carbons (Fsp3) is 0.333. The number of benzene rings is 1. The number of hydrogen-bond acceptors (Lipinski definition) is 8. The van der Waals surface area contributed by atoms with Crippen molar-refractivity contribution in [1.82, 2.24) is 19.5 Å². The predicted molar refractivity (Wildman–Crippen MR) is 115 cm³/mol. The van der Waals surface area contributed by atoms with Crippen LogP contribution in [0.25, 0.3) is 16.5 Å². The third kappa shape index (κ3) is 3.57. The number of fused-ring (bicyclic) bond motifs is 1. The number of rotatable bonds is 5. The number of nitro benzene ring substituents is 1. The van der Waals surface area contributed by atoms with Crippen molar-refractivity contribution < 1.29 is 14.4 Å². The zero-order valence-corrected chi connectivity index (χ0v) is 17.7. The van der Waals surface area contributed by atoms with Crippen LogP contribution < -0.4 is 0 Å². The molecule has 0 amide bonds. The van der Waals surface area contributed by atoms with Gasteiger partial charge in [-0.05, 0) is 43.0 Å². The third-order valence-corrected chi connectivity index (χ3v) is 6.74. The van der Waals surface area contributed by atoms with E-state index in [1.807, 2.05) is 0 Å². The number of nitro groups is 1. The molecule has 9 nitrogen and oxygen atoms in total. The highest BCUT2D eigenvalue weighted by atomic mass is 32.1. The van der Waals surface area contributed by atoms with Crippen molar-refractivity contribution in [3.05, 3.63) is 63.2 Å². The first-order valence-corrected chi connectivity index (χ1v) is 10.9. The normalized spacial score (nSPS) is 18.4. The van der Waals surface area contributed by atoms with Crippen molar-refractivity contribution >= 4 is 22.0 Å². The van der Waals surface area contributed by atoms with Gasteiger partial charge in [-0.15, -0.1) is 5.10 Å². The second-order valence-corrected chi connectivity index (χ2v) is 8.90. The molecule has 1 fully saturated rings. The largest absolute Gasteiger partial charge is 0.492 e. The van der Waals surface area contributed by atoms with Gasteiger partial charge in [-0.2, -0.15) is 9.50 Å². The molecular weight excluding hydrogens is 418 g/mol. The maximum absolute atomic E-state index is 11.1. The lowest BCUT2D eigenvalue weighted by atomic mass is 9.95. The molecule has 0 unspecified atom stereocenters. The van der Waals surface area contributed by atoms with Gasteiger partial charge in [-0.3, -0.25) is 15.0 Å². The second-order valence-electron chi connectivity index (χ2n) is 7.89. The fourth-order valence-corrected chi connectivity index (χ4v) is 5.32. The summed E-state index contributed by atoms with van der Waals surface area (Å²) in [6, 6.07) is 9.86. The van der Waals surface area contributed by atoms with Gasteiger partial charge in [0.25, 0.3) is 5.69 Å². The minimum Gasteiger partial charge on any atom is -0.492 e. The van der Waals surface area contributed by atoms with Gasteiger partial charge in [0, 0.05) is 18.7 Å². The molecule has 160 valence electrons. The predicted octanol–water partition coefficient (Wildman–Crippen LogP) is 4.49. The highest BCUT2D eigenvalue weighted by Gasteiger charge is 2.32. The Morgan fingerprint density at radius 1 is 1.32 bits per heavy atom. The molecular formula is C21H21N5O4S. The van der Waals surface area contributed by atoms with Gasteiger partial charge in [0.1, 0.15) is 0 Å². The molecule has 1 saturated heterocycles. The van der Waals surface area contributed by atoms with Crippen LogP contribution in [0, 0.1) is 16.0 Å². The first kappa shape index (κ1) is 19.7. The summed E-state index contributed by atoms with van der Waals surface area (Å²) >= 11 is 1.37. The number of furan rings is 1. The number of piperidine rings is 1. The van der Waals surface area contributed by atoms with E-state index in [2.05, 4.69) is 21.9 Å². The highest BCUT2D eigenvalue weighted by Crippen LogP contribution is 2.42. The first-order chi connectivity index (χ1) is 15.0. The zero-order valence-electron chi connectivity index (χ0n) is 16.8. The molecule has 0 aliphatic carbocycles. The smallest absolute Gasteiger partial charge is 0.269 e. The summed E-state index contributed by atoms with van der Waals surface area (Å²) in [6.07, 6.45) is 3.78. The van der Waals surface area contributed by atoms with E-state index in [9.17, 15) is 15.2 Å². The molecule has 4 aromatic rings. The molecule has 0 spiro atoms. The van der Waals surface area contributed by atoms with Crippen LogP contribution in [0.4, 0.5) is 5.69 Å². The van der Waals surface area contributed by atoms with Gasteiger partial charge in [-0.1, -0.05) is 30.4 Å². The number of nitrogens with zero attached hydrogens (tertiary/aromatic N) is 5. The summed E-state index contributed by atoms with van der Waals surface area (Å²) in [6.45, 7) is 3.99. The van der Waals surface area contributed by atoms with Crippen molar-refractivity contribution in [2.75, 3.05) is 13.1 Å². The lowest BCUT2D eigenvalue weighted by Gasteiger charge is -2.37. The monoisotopic (exact) mass is 439 g/mol. The molecule has 1 aromatic carbocycles. The topological polar surface area (TPSA) is 110 Å². The number of likely N-dealkylation sites (tertiary alicyclic amines) is 1. The lowest BCUT2D eigenvalue weighted by molar-refractivity contribution is -0.384. The standard InChI is InChI=1S/C21H21N5O4S/c1-13-4-2-10-24(12-13)17(14-6-8-15(9-7-14)26(28)29)18-20(27)25-21(31-18)22-19(23-25)16-5-3-11-30-16/h3,5-9,11,13,17,27H,2,4,10,12H2,1H3/t13-,17-/m0/s1. The van der Waals surface area contributed by atoms with E-state index in [0.717, 1.165) is 36.4 Å². The SMILES string of the molecule is C[C@H]1CCCN([C@@H](c2ccc([N+](=O)[O-])cc2)c2sc3nc(-c4ccco4)nn3c2O)C1. The highest BCUT2D eigenvalue weighted by molar-refractivity contribution is 7.17. The molecule has 0 bridgehead atoms. The molecule has 4 heterocycles. The Bertz CT molecular complexity index is 1210. The zero-order chi connectivity index (χ0) is 21.5. The van der Waals surface area contributed by atoms with Crippen molar-refractivity contribution in [2.45, 2.75) is 25.8 Å². The maximum Gasteiger partial charge on any atom is 0.269 e. The van der Waals surface area contributed by atoms with E-state index in [1.54, 1.807) is 30.5 Å². The molecule has 0 radical (unpaired) electrons. The van der Waals surface area contributed by atoms with Crippen LogP contribution in [0.3, 0.4) is 0 Å². The lowest BCUT2D eigenvalue weighted by Crippen LogP contribution is -2.37. The Kier molecular flexibility index (Phi) is 4.95. The number of thiazole rings is 1. The minimum atomic E-state index is -0.404. The van der Waals surface area contributed by atoms with Crippen molar-refractivity contribution in [3.63, 3.8) is 0 Å². The number of non-ortho nitro benzene ring substituents is 1. The van der Waals surface area contributed by atoms with Gasteiger partial charge < -0.3 is 9.52 Å². The van der Waals surface area contributed by atoms with Gasteiger partial charge in [0.05, 0.1) is 22.1 Å². The Morgan fingerprint density at radius 2 is 2.13 bits per heavy atom. The van der Waals surface area contributed by atoms with E-state index in [-0.39, 0.29) is 17.6 Å². The molecule has 3 aromatic heterocycles. The van der Waals surface area contributed by atoms with Crippen LogP contribution in [0.2, 0.25) is 0 Å². The van der Waals surface area contributed by atoms with Crippen molar-refractivity contribution in [2.24, 2.45) is 5.92 Å². The van der Waals surface area contributed by atoms with E-state index in [1.165, 1.54) is 28.0 Å². The summed E-state index contributed by atoms with van der Waals surface area (Å²) < 4.78 is 6.80. The molecule has 0 saturated carbocycles. The Labute approximate surface area is 181 Å². The number of aromatic hydroxyl groups is 1. The number of aromatic nitrogens is 3. The summed E-state index contributed by atoms with van der Waals surface area (Å²) in [5.41, 5.74) is 0.940. The van der Waals surface area contributed by atoms with Crippen LogP contribution in [-0.4, -0.2) is 42.6 Å². The fourth-order valence-electron chi connectivity index (χ4n) is 4.21. The Hall–Kier alpha value is -3.24. The first-order valence-electron chi connectivity index (χ1n) is 10.1. The average molecular weight is 439 g/mol. The Morgan fingerprint density at radius 3 is 2.77 bits per heavy atom. The summed E-state index contributed by atoms with van der Waals surface area (Å²) in [4.78, 5) is 18.8. The second kappa shape index (κ2) is 7.78. The van der Waals surface area contributed by atoms with Crippen LogP contribution in [0.1, 0.15) is 36.2 Å². The molecule has 2 atom stereocenters. The molecule has 1 N–H and O–H groups in total. The van der Waals surface area contributed by atoms with Gasteiger partial charge >= 0.3 is 0 Å². The van der Waals surface area contributed by atoms with E-state index in [0.29, 0.717) is 22.5 Å². The van der Waals surface area contributed by atoms with E-state index in [4.69, 9.17) is 4.42 Å². The van der Waals surface area contributed by atoms with E-state index < -0.39 is 4.92 Å². The van der Waals surface area contributed by atoms with Crippen molar-refractivity contribution in [1.29, 1.82) is 0 Å². The molecule has 1 aliphatic heterocycles. The van der Waals surface area contributed by atoms with Crippen molar-refractivity contribution in [3.8, 4) is 17.5 Å². The summed E-state index contributed by atoms with van der Waals surface area (Å²) in [5.74, 6) is 1.52. The van der Waals surface area contributed by atoms with Crippen LogP contribution >= 0.6 is 11.3 Å². The molecule has 31 heavy (non-hydrogen) atoms. The van der Waals surface area contributed by atoms with Crippen LogP contribution in [0.15, 0.2) is 47.1 Å². The minimum absolute atomic E-state index is 0.0342. The average Bonchev–Trinajstić information content (AvgIpc) is 3.48. The van der Waals surface area contributed by atoms with Gasteiger partial charge in [0.2, 0.25) is 16.7 Å². The maximum atomic E-state index is 11.1. The Balaban J connectivity index is 1.58. The molecule has 10 heteroatoms. The van der Waals surface area contributed by atoms with E-state index >= 15 is 0 Å². The summed E-state index contributed by atoms with van der Waals surface area (Å²) in [5, 5.41) is 26.6. The quantitative estimate of drug-likeness (QED) is 0.360. The van der Waals surface area contributed by atoms with Crippen LogP contribution in [0.5, 0.6) is 5.88 Å². The summed E-state index contributed by atoms with van der Waals surface area (Å²) in [7, 11) is 0.